The first-order valence-corrected chi connectivity index (χ1v) is 8.07. The minimum Gasteiger partial charge on any atom is -0.454 e. The lowest BCUT2D eigenvalue weighted by Gasteiger charge is -2.05. The number of pyridine rings is 1. The molecule has 0 unspecified atom stereocenters. The number of carbonyl (C=O) groups is 2. The van der Waals surface area contributed by atoms with Crippen LogP contribution in [0.5, 0.6) is 0 Å². The molecule has 6 heteroatoms. The van der Waals surface area contributed by atoms with Crippen LogP contribution in [0.3, 0.4) is 0 Å². The van der Waals surface area contributed by atoms with E-state index in [9.17, 15) is 9.59 Å². The summed E-state index contributed by atoms with van der Waals surface area (Å²) in [6.07, 6.45) is 4.92. The summed E-state index contributed by atoms with van der Waals surface area (Å²) in [5.74, 6) is -0.808. The second kappa shape index (κ2) is 7.38. The molecule has 0 N–H and O–H groups in total. The molecule has 108 valence electrons. The third-order valence-corrected chi connectivity index (χ3v) is 3.86. The Kier molecular flexibility index (Phi) is 5.52. The van der Waals surface area contributed by atoms with E-state index in [4.69, 9.17) is 4.74 Å². The van der Waals surface area contributed by atoms with Crippen LogP contribution in [0.1, 0.15) is 20.7 Å². The van der Waals surface area contributed by atoms with E-state index in [1.54, 1.807) is 36.2 Å². The van der Waals surface area contributed by atoms with Crippen LogP contribution in [0.2, 0.25) is 0 Å². The molecule has 2 aromatic rings. The second-order valence-electron chi connectivity index (χ2n) is 4.12. The predicted molar refractivity (Wildman–Crippen MR) is 84.8 cm³/mol. The van der Waals surface area contributed by atoms with E-state index in [1.807, 2.05) is 18.4 Å². The Hall–Kier alpha value is -1.66. The van der Waals surface area contributed by atoms with Crippen LogP contribution in [0.25, 0.3) is 0 Å². The van der Waals surface area contributed by atoms with E-state index >= 15 is 0 Å². The average Bonchev–Trinajstić information content (AvgIpc) is 2.52. The first kappa shape index (κ1) is 15.7. The first-order chi connectivity index (χ1) is 10.1. The molecule has 1 aromatic carbocycles. The van der Waals surface area contributed by atoms with Crippen LogP contribution in [0, 0.1) is 0 Å². The van der Waals surface area contributed by atoms with Crippen molar-refractivity contribution >= 4 is 39.4 Å². The fourth-order valence-corrected chi connectivity index (χ4v) is 2.37. The van der Waals surface area contributed by atoms with Crippen LogP contribution < -0.4 is 0 Å². The smallest absolute Gasteiger partial charge is 0.340 e. The van der Waals surface area contributed by atoms with Crippen LogP contribution in [0.15, 0.2) is 52.1 Å². The quantitative estimate of drug-likeness (QED) is 0.460. The molecular weight excluding hydrogens is 354 g/mol. The molecule has 0 fully saturated rings. The molecule has 1 heterocycles. The van der Waals surface area contributed by atoms with E-state index < -0.39 is 5.97 Å². The Morgan fingerprint density at radius 1 is 1.19 bits per heavy atom. The van der Waals surface area contributed by atoms with Gasteiger partial charge in [0.15, 0.2) is 12.4 Å². The number of nitrogens with zero attached hydrogens (tertiary/aromatic N) is 1. The highest BCUT2D eigenvalue weighted by atomic mass is 79.9. The van der Waals surface area contributed by atoms with Crippen molar-refractivity contribution in [2.45, 2.75) is 4.90 Å². The van der Waals surface area contributed by atoms with E-state index in [0.717, 1.165) is 4.90 Å². The summed E-state index contributed by atoms with van der Waals surface area (Å²) in [7, 11) is 0. The summed E-state index contributed by atoms with van der Waals surface area (Å²) in [4.78, 5) is 28.7. The zero-order chi connectivity index (χ0) is 15.2. The average molecular weight is 366 g/mol. The molecule has 0 saturated carbocycles. The van der Waals surface area contributed by atoms with E-state index in [0.29, 0.717) is 15.6 Å². The minimum absolute atomic E-state index is 0.237. The molecule has 0 aliphatic carbocycles. The molecule has 0 aliphatic rings. The Morgan fingerprint density at radius 3 is 2.52 bits per heavy atom. The Labute approximate surface area is 135 Å². The molecule has 4 nitrogen and oxygen atoms in total. The number of carbonyl (C=O) groups excluding carboxylic acids is 2. The van der Waals surface area contributed by atoms with Gasteiger partial charge in [-0.2, -0.15) is 0 Å². The summed E-state index contributed by atoms with van der Waals surface area (Å²) in [5.41, 5.74) is 0.822. The topological polar surface area (TPSA) is 56.3 Å². The third-order valence-electron chi connectivity index (χ3n) is 2.69. The zero-order valence-corrected chi connectivity index (χ0v) is 13.6. The van der Waals surface area contributed by atoms with Gasteiger partial charge in [-0.05, 0) is 40.4 Å². The number of rotatable bonds is 5. The maximum absolute atomic E-state index is 11.9. The largest absolute Gasteiger partial charge is 0.454 e. The number of hydrogen-bond acceptors (Lipinski definition) is 5. The van der Waals surface area contributed by atoms with Gasteiger partial charge >= 0.3 is 5.97 Å². The predicted octanol–water partition coefficient (Wildman–Crippen LogP) is 3.61. The summed E-state index contributed by atoms with van der Waals surface area (Å²) in [5, 5.41) is 0. The van der Waals surface area contributed by atoms with Crippen molar-refractivity contribution in [1.82, 2.24) is 4.98 Å². The third kappa shape index (κ3) is 4.41. The van der Waals surface area contributed by atoms with Gasteiger partial charge in [-0.3, -0.25) is 9.78 Å². The van der Waals surface area contributed by atoms with Crippen LogP contribution in [0.4, 0.5) is 0 Å². The number of thioether (sulfide) groups is 1. The molecule has 1 aromatic heterocycles. The van der Waals surface area contributed by atoms with E-state index in [1.165, 1.54) is 6.20 Å². The van der Waals surface area contributed by atoms with Crippen LogP contribution in [-0.4, -0.2) is 29.6 Å². The molecular formula is C15H12BrNO3S. The monoisotopic (exact) mass is 365 g/mol. The van der Waals surface area contributed by atoms with Gasteiger partial charge < -0.3 is 4.74 Å². The maximum Gasteiger partial charge on any atom is 0.340 e. The van der Waals surface area contributed by atoms with Crippen molar-refractivity contribution in [3.8, 4) is 0 Å². The molecule has 0 bridgehead atoms. The highest BCUT2D eigenvalue weighted by molar-refractivity contribution is 9.10. The van der Waals surface area contributed by atoms with Gasteiger partial charge in [0.05, 0.1) is 5.56 Å². The summed E-state index contributed by atoms with van der Waals surface area (Å²) in [6.45, 7) is -0.288. The number of ketones is 1. The van der Waals surface area contributed by atoms with Gasteiger partial charge in [0, 0.05) is 27.3 Å². The van der Waals surface area contributed by atoms with Crippen molar-refractivity contribution in [2.75, 3.05) is 12.9 Å². The Balaban J connectivity index is 1.95. The number of ether oxygens (including phenoxy) is 1. The van der Waals surface area contributed by atoms with Gasteiger partial charge in [0.1, 0.15) is 0 Å². The minimum atomic E-state index is -0.571. The highest BCUT2D eigenvalue weighted by Crippen LogP contribution is 2.15. The highest BCUT2D eigenvalue weighted by Gasteiger charge is 2.12. The molecule has 0 radical (unpaired) electrons. The number of halogens is 1. The summed E-state index contributed by atoms with van der Waals surface area (Å²) < 4.78 is 5.68. The molecule has 21 heavy (non-hydrogen) atoms. The number of aromatic nitrogens is 1. The molecule has 2 rings (SSSR count). The van der Waals surface area contributed by atoms with Crippen LogP contribution >= 0.6 is 27.7 Å². The molecule has 0 atom stereocenters. The molecule has 0 spiro atoms. The van der Waals surface area contributed by atoms with Crippen molar-refractivity contribution < 1.29 is 14.3 Å². The first-order valence-electron chi connectivity index (χ1n) is 6.05. The number of benzene rings is 1. The van der Waals surface area contributed by atoms with Crippen molar-refractivity contribution in [2.24, 2.45) is 0 Å². The Bertz CT molecular complexity index is 658. The number of esters is 1. The lowest BCUT2D eigenvalue weighted by molar-refractivity contribution is 0.0474. The number of Topliss-reactive ketones (excluding diaryl/α,β-unsaturated/α-hetero) is 1. The zero-order valence-electron chi connectivity index (χ0n) is 11.2. The lowest BCUT2D eigenvalue weighted by Crippen LogP contribution is -2.14. The summed E-state index contributed by atoms with van der Waals surface area (Å²) >= 11 is 4.82. The van der Waals surface area contributed by atoms with Crippen molar-refractivity contribution in [3.05, 3.63) is 58.3 Å². The van der Waals surface area contributed by atoms with Gasteiger partial charge in [-0.25, -0.2) is 4.79 Å². The number of hydrogen-bond donors (Lipinski definition) is 0. The lowest BCUT2D eigenvalue weighted by atomic mass is 10.1. The van der Waals surface area contributed by atoms with Gasteiger partial charge in [-0.15, -0.1) is 11.8 Å². The van der Waals surface area contributed by atoms with Crippen molar-refractivity contribution in [1.29, 1.82) is 0 Å². The van der Waals surface area contributed by atoms with E-state index in [-0.39, 0.29) is 12.4 Å². The van der Waals surface area contributed by atoms with Gasteiger partial charge in [-0.1, -0.05) is 12.1 Å². The normalized spacial score (nSPS) is 10.2. The molecule has 0 aliphatic heterocycles. The fraction of sp³-hybridized carbons (Fsp3) is 0.133. The van der Waals surface area contributed by atoms with Gasteiger partial charge in [0.2, 0.25) is 0 Å². The summed E-state index contributed by atoms with van der Waals surface area (Å²) in [6, 6.07) is 8.76. The van der Waals surface area contributed by atoms with Crippen molar-refractivity contribution in [3.63, 3.8) is 0 Å². The molecule has 0 amide bonds. The van der Waals surface area contributed by atoms with E-state index in [2.05, 4.69) is 20.9 Å². The SMILES string of the molecule is CSc1ccc(C(=O)COC(=O)c2cncc(Br)c2)cc1. The molecule has 0 saturated heterocycles. The maximum atomic E-state index is 11.9. The standard InChI is InChI=1S/C15H12BrNO3S/c1-21-13-4-2-10(3-5-13)14(18)9-20-15(19)11-6-12(16)8-17-7-11/h2-8H,9H2,1H3. The fourth-order valence-electron chi connectivity index (χ4n) is 1.60. The Morgan fingerprint density at radius 2 is 1.90 bits per heavy atom. The van der Waals surface area contributed by atoms with Crippen LogP contribution in [-0.2, 0) is 4.74 Å². The second-order valence-corrected chi connectivity index (χ2v) is 5.91. The van der Waals surface area contributed by atoms with Gasteiger partial charge in [0.25, 0.3) is 0 Å².